The Bertz CT molecular complexity index is 1480. The Kier molecular flexibility index (Phi) is 8.19. The summed E-state index contributed by atoms with van der Waals surface area (Å²) in [6.07, 6.45) is 2.97. The minimum Gasteiger partial charge on any atom is -0.493 e. The minimum absolute atomic E-state index is 0.00896. The van der Waals surface area contributed by atoms with Crippen LogP contribution < -0.4 is 25.0 Å². The number of anilines is 3. The number of carbonyl (C=O) groups is 2. The number of fused-ring (bicyclic) bond motifs is 1. The van der Waals surface area contributed by atoms with E-state index < -0.39 is 5.82 Å². The maximum atomic E-state index is 14.7. The molecule has 41 heavy (non-hydrogen) atoms. The number of amides is 2. The second-order valence-electron chi connectivity index (χ2n) is 10.8. The second-order valence-corrected chi connectivity index (χ2v) is 11.2. The monoisotopic (exact) mass is 585 g/mol. The van der Waals surface area contributed by atoms with Crippen LogP contribution in [0.25, 0.3) is 10.9 Å². The maximum Gasteiger partial charge on any atom is 0.311 e. The number of benzene rings is 2. The summed E-state index contributed by atoms with van der Waals surface area (Å²) in [7, 11) is 4.95. The predicted molar refractivity (Wildman–Crippen MR) is 155 cm³/mol. The number of hydrogen-bond donors (Lipinski definition) is 2. The third-order valence-electron chi connectivity index (χ3n) is 8.31. The molecular formula is C29H35ClFN6O4+. The number of piperidine rings is 1. The van der Waals surface area contributed by atoms with Gasteiger partial charge in [0.1, 0.15) is 11.6 Å². The molecular weight excluding hydrogens is 551 g/mol. The topological polar surface area (TPSA) is 106 Å². The Morgan fingerprint density at radius 3 is 2.44 bits per heavy atom. The van der Waals surface area contributed by atoms with E-state index in [2.05, 4.69) is 10.6 Å². The van der Waals surface area contributed by atoms with Gasteiger partial charge in [-0.05, 0) is 37.1 Å². The first-order chi connectivity index (χ1) is 19.6. The second kappa shape index (κ2) is 11.7. The van der Waals surface area contributed by atoms with Gasteiger partial charge in [-0.25, -0.2) is 14.2 Å². The number of nitrogens with one attached hydrogen (secondary N) is 2. The van der Waals surface area contributed by atoms with Gasteiger partial charge in [-0.2, -0.15) is 4.98 Å². The lowest BCUT2D eigenvalue weighted by molar-refractivity contribution is -0.836. The molecule has 1 aromatic heterocycles. The quantitative estimate of drug-likeness (QED) is 0.393. The molecule has 2 fully saturated rings. The molecule has 3 aromatic rings. The van der Waals surface area contributed by atoms with Gasteiger partial charge in [0, 0.05) is 48.4 Å². The molecule has 2 atom stereocenters. The van der Waals surface area contributed by atoms with Crippen LogP contribution in [-0.4, -0.2) is 79.3 Å². The summed E-state index contributed by atoms with van der Waals surface area (Å²) in [5.41, 5.74) is 0.821. The summed E-state index contributed by atoms with van der Waals surface area (Å²) >= 11 is 5.95. The van der Waals surface area contributed by atoms with Crippen LogP contribution in [0.3, 0.4) is 0 Å². The lowest BCUT2D eigenvalue weighted by atomic mass is 10.0. The fourth-order valence-electron chi connectivity index (χ4n) is 5.74. The van der Waals surface area contributed by atoms with Gasteiger partial charge in [-0.15, -0.1) is 0 Å². The first-order valence-corrected chi connectivity index (χ1v) is 14.1. The van der Waals surface area contributed by atoms with Crippen molar-refractivity contribution in [1.82, 2.24) is 15.3 Å². The zero-order valence-electron chi connectivity index (χ0n) is 23.7. The standard InChI is InChI=1S/C29H34ClFN6O4/c1-17(38)37(2)13-5-6-24(37)28(39)32-19-9-11-36(12-10-19)29-34-23-16-26(41-4)25(40-3)15-20(23)27(35-29)33-22-8-7-18(30)14-21(22)31/h7-8,14-16,19,24H,5-6,9-13H2,1-4H3,(H-,32,33,34,35,39)/p+1/t24-,37?/m0/s1. The highest BCUT2D eigenvalue weighted by molar-refractivity contribution is 6.30. The fraction of sp³-hybridized carbons (Fsp3) is 0.448. The number of rotatable bonds is 7. The van der Waals surface area contributed by atoms with Crippen molar-refractivity contribution in [3.8, 4) is 11.5 Å². The normalized spacial score (nSPS) is 21.1. The molecule has 2 aliphatic rings. The summed E-state index contributed by atoms with van der Waals surface area (Å²) in [5.74, 6) is 1.34. The number of ether oxygens (including phenoxy) is 2. The summed E-state index contributed by atoms with van der Waals surface area (Å²) in [6, 6.07) is 7.56. The van der Waals surface area contributed by atoms with Crippen LogP contribution in [0.1, 0.15) is 32.6 Å². The Labute approximate surface area is 243 Å². The number of likely N-dealkylation sites (N-methyl/N-ethyl adjacent to an activating group) is 1. The SMILES string of the molecule is COc1cc2nc(N3CCC(NC(=O)[C@@H]4CCC[N+]4(C)C(C)=O)CC3)nc(Nc3ccc(Cl)cc3F)c2cc1OC. The third-order valence-corrected chi connectivity index (χ3v) is 8.54. The van der Waals surface area contributed by atoms with Crippen molar-refractivity contribution < 1.29 is 27.9 Å². The van der Waals surface area contributed by atoms with Gasteiger partial charge in [-0.1, -0.05) is 11.6 Å². The molecule has 0 radical (unpaired) electrons. The molecule has 2 N–H and O–H groups in total. The first kappa shape index (κ1) is 28.8. The van der Waals surface area contributed by atoms with Crippen LogP contribution in [0.15, 0.2) is 30.3 Å². The van der Waals surface area contributed by atoms with Crippen LogP contribution in [0.4, 0.5) is 21.8 Å². The van der Waals surface area contributed by atoms with Crippen molar-refractivity contribution in [2.45, 2.75) is 44.7 Å². The average Bonchev–Trinajstić information content (AvgIpc) is 3.37. The molecule has 0 bridgehead atoms. The Balaban J connectivity index is 1.38. The average molecular weight is 586 g/mol. The molecule has 0 saturated carbocycles. The molecule has 0 aliphatic carbocycles. The number of halogens is 2. The zero-order valence-corrected chi connectivity index (χ0v) is 24.4. The van der Waals surface area contributed by atoms with Gasteiger partial charge in [0.15, 0.2) is 17.5 Å². The van der Waals surface area contributed by atoms with Crippen LogP contribution in [0.5, 0.6) is 11.5 Å². The number of likely N-dealkylation sites (tertiary alicyclic amines) is 1. The van der Waals surface area contributed by atoms with Crippen molar-refractivity contribution in [1.29, 1.82) is 0 Å². The van der Waals surface area contributed by atoms with E-state index in [1.807, 2.05) is 11.9 Å². The summed E-state index contributed by atoms with van der Waals surface area (Å²) < 4.78 is 25.8. The lowest BCUT2D eigenvalue weighted by Gasteiger charge is -2.35. The van der Waals surface area contributed by atoms with E-state index in [4.69, 9.17) is 31.0 Å². The van der Waals surface area contributed by atoms with Crippen LogP contribution >= 0.6 is 11.6 Å². The summed E-state index contributed by atoms with van der Waals surface area (Å²) in [6.45, 7) is 3.48. The molecule has 0 spiro atoms. The highest BCUT2D eigenvalue weighted by Crippen LogP contribution is 2.37. The molecule has 12 heteroatoms. The lowest BCUT2D eigenvalue weighted by Crippen LogP contribution is -2.59. The maximum absolute atomic E-state index is 14.7. The van der Waals surface area contributed by atoms with Gasteiger partial charge in [-0.3, -0.25) is 9.28 Å². The van der Waals surface area contributed by atoms with E-state index in [1.165, 1.54) is 6.07 Å². The van der Waals surface area contributed by atoms with E-state index in [-0.39, 0.29) is 34.1 Å². The predicted octanol–water partition coefficient (Wildman–Crippen LogP) is 4.42. The van der Waals surface area contributed by atoms with Crippen molar-refractivity contribution in [3.05, 3.63) is 41.2 Å². The van der Waals surface area contributed by atoms with Crippen LogP contribution in [0, 0.1) is 5.82 Å². The number of quaternary nitrogens is 1. The van der Waals surface area contributed by atoms with Crippen molar-refractivity contribution in [3.63, 3.8) is 0 Å². The molecule has 10 nitrogen and oxygen atoms in total. The van der Waals surface area contributed by atoms with Crippen molar-refractivity contribution in [2.24, 2.45) is 0 Å². The summed E-state index contributed by atoms with van der Waals surface area (Å²) in [4.78, 5) is 37.0. The Morgan fingerprint density at radius 2 is 1.78 bits per heavy atom. The van der Waals surface area contributed by atoms with Gasteiger partial charge in [0.2, 0.25) is 5.95 Å². The number of nitrogens with zero attached hydrogens (tertiary/aromatic N) is 4. The van der Waals surface area contributed by atoms with Crippen LogP contribution in [-0.2, 0) is 9.59 Å². The summed E-state index contributed by atoms with van der Waals surface area (Å²) in [5, 5.41) is 7.21. The van der Waals surface area contributed by atoms with E-state index in [1.54, 1.807) is 45.4 Å². The minimum atomic E-state index is -0.510. The molecule has 218 valence electrons. The van der Waals surface area contributed by atoms with Gasteiger partial charge >= 0.3 is 5.91 Å². The molecule has 2 amide bonds. The Morgan fingerprint density at radius 1 is 1.07 bits per heavy atom. The third kappa shape index (κ3) is 5.73. The fourth-order valence-corrected chi connectivity index (χ4v) is 5.90. The highest BCUT2D eigenvalue weighted by atomic mass is 35.5. The molecule has 2 aliphatic heterocycles. The van der Waals surface area contributed by atoms with Gasteiger partial charge in [0.05, 0.1) is 45.9 Å². The van der Waals surface area contributed by atoms with Gasteiger partial charge < -0.3 is 25.0 Å². The van der Waals surface area contributed by atoms with E-state index in [0.29, 0.717) is 78.1 Å². The van der Waals surface area contributed by atoms with E-state index in [0.717, 1.165) is 6.42 Å². The molecule has 3 heterocycles. The van der Waals surface area contributed by atoms with E-state index >= 15 is 0 Å². The molecule has 5 rings (SSSR count). The molecule has 2 saturated heterocycles. The molecule has 2 aromatic carbocycles. The largest absolute Gasteiger partial charge is 0.493 e. The first-order valence-electron chi connectivity index (χ1n) is 13.7. The molecule has 1 unspecified atom stereocenters. The van der Waals surface area contributed by atoms with Gasteiger partial charge in [0.25, 0.3) is 5.91 Å². The number of methoxy groups -OCH3 is 2. The smallest absolute Gasteiger partial charge is 0.311 e. The van der Waals surface area contributed by atoms with Crippen molar-refractivity contribution in [2.75, 3.05) is 51.1 Å². The highest BCUT2D eigenvalue weighted by Gasteiger charge is 2.47. The van der Waals surface area contributed by atoms with Crippen molar-refractivity contribution >= 4 is 51.8 Å². The zero-order chi connectivity index (χ0) is 29.3. The number of carbonyl (C=O) groups excluding carboxylic acids is 2. The number of aromatic nitrogens is 2. The Hall–Kier alpha value is -3.70. The van der Waals surface area contributed by atoms with E-state index in [9.17, 15) is 14.0 Å². The number of hydrogen-bond acceptors (Lipinski definition) is 8. The van der Waals surface area contributed by atoms with Crippen LogP contribution in [0.2, 0.25) is 5.02 Å².